The third kappa shape index (κ3) is 23.4. The molecule has 0 amide bonds. The van der Waals surface area contributed by atoms with E-state index in [1.807, 2.05) is 0 Å². The van der Waals surface area contributed by atoms with Crippen LogP contribution in [0.15, 0.2) is 24.3 Å². The third-order valence-corrected chi connectivity index (χ3v) is 3.52. The van der Waals surface area contributed by atoms with Crippen LogP contribution in [0.5, 0.6) is 0 Å². The number of rotatable bonds is 14. The highest BCUT2D eigenvalue weighted by atomic mass is 16.5. The number of aliphatic carboxylic acids is 3. The molecule has 1 unspecified atom stereocenters. The molecule has 0 aromatic rings. The Morgan fingerprint density at radius 3 is 1.57 bits per heavy atom. The van der Waals surface area contributed by atoms with Crippen LogP contribution in [0.2, 0.25) is 0 Å². The van der Waals surface area contributed by atoms with Gasteiger partial charge in [0.25, 0.3) is 0 Å². The summed E-state index contributed by atoms with van der Waals surface area (Å²) in [4.78, 5) is 40.9. The van der Waals surface area contributed by atoms with Crippen LogP contribution in [-0.4, -0.2) is 45.3 Å². The molecule has 8 nitrogen and oxygen atoms in total. The van der Waals surface area contributed by atoms with E-state index in [0.29, 0.717) is 12.2 Å². The van der Waals surface area contributed by atoms with Crippen molar-refractivity contribution >= 4 is 23.9 Å². The average molecular weight is 400 g/mol. The molecule has 0 bridgehead atoms. The Balaban J connectivity index is 0. The normalized spacial score (nSPS) is 11.6. The van der Waals surface area contributed by atoms with E-state index in [0.717, 1.165) is 44.3 Å². The van der Waals surface area contributed by atoms with Crippen LogP contribution in [0.3, 0.4) is 0 Å². The van der Waals surface area contributed by atoms with E-state index in [-0.39, 0.29) is 6.10 Å². The Kier molecular flexibility index (Phi) is 18.8. The molecule has 0 spiro atoms. The van der Waals surface area contributed by atoms with Crippen LogP contribution in [0.1, 0.15) is 71.6 Å². The largest absolute Gasteiger partial charge is 0.478 e. The minimum Gasteiger partial charge on any atom is -0.478 e. The van der Waals surface area contributed by atoms with Gasteiger partial charge in [-0.25, -0.2) is 19.2 Å². The molecule has 28 heavy (non-hydrogen) atoms. The fourth-order valence-electron chi connectivity index (χ4n) is 2.16. The van der Waals surface area contributed by atoms with Gasteiger partial charge >= 0.3 is 23.9 Å². The molecule has 0 radical (unpaired) electrons. The first-order valence-corrected chi connectivity index (χ1v) is 9.48. The molecule has 0 saturated heterocycles. The summed E-state index contributed by atoms with van der Waals surface area (Å²) in [5, 5.41) is 24.1. The second-order valence-corrected chi connectivity index (χ2v) is 6.09. The van der Waals surface area contributed by atoms with Crippen LogP contribution in [-0.2, 0) is 23.9 Å². The van der Waals surface area contributed by atoms with E-state index in [1.54, 1.807) is 0 Å². The lowest BCUT2D eigenvalue weighted by molar-refractivity contribution is -0.144. The summed E-state index contributed by atoms with van der Waals surface area (Å²) in [6.07, 6.45) is 12.6. The smallest absolute Gasteiger partial charge is 0.331 e. The topological polar surface area (TPSA) is 138 Å². The summed E-state index contributed by atoms with van der Waals surface area (Å²) in [7, 11) is 0. The molecule has 0 aromatic heterocycles. The summed E-state index contributed by atoms with van der Waals surface area (Å²) in [6, 6.07) is 0. The summed E-state index contributed by atoms with van der Waals surface area (Å²) >= 11 is 0. The number of carbonyl (C=O) groups is 4. The molecular weight excluding hydrogens is 368 g/mol. The third-order valence-electron chi connectivity index (χ3n) is 3.52. The molecule has 0 aliphatic heterocycles. The van der Waals surface area contributed by atoms with Crippen molar-refractivity contribution in [3.05, 3.63) is 24.3 Å². The van der Waals surface area contributed by atoms with Crippen LogP contribution >= 0.6 is 0 Å². The zero-order valence-electron chi connectivity index (χ0n) is 16.6. The van der Waals surface area contributed by atoms with Crippen LogP contribution < -0.4 is 0 Å². The van der Waals surface area contributed by atoms with Gasteiger partial charge < -0.3 is 20.1 Å². The minimum absolute atomic E-state index is 0.0810. The lowest BCUT2D eigenvalue weighted by Crippen LogP contribution is -2.17. The van der Waals surface area contributed by atoms with E-state index in [1.165, 1.54) is 25.7 Å². The maximum Gasteiger partial charge on any atom is 0.331 e. The first-order chi connectivity index (χ1) is 13.2. The summed E-state index contributed by atoms with van der Waals surface area (Å²) in [5.41, 5.74) is 0. The van der Waals surface area contributed by atoms with Crippen molar-refractivity contribution in [2.45, 2.75) is 77.7 Å². The molecule has 0 aliphatic carbocycles. The van der Waals surface area contributed by atoms with Gasteiger partial charge in [0.05, 0.1) is 0 Å². The summed E-state index contributed by atoms with van der Waals surface area (Å²) < 4.78 is 5.32. The Morgan fingerprint density at radius 1 is 0.679 bits per heavy atom. The Morgan fingerprint density at radius 2 is 1.11 bits per heavy atom. The van der Waals surface area contributed by atoms with Gasteiger partial charge in [-0.05, 0) is 19.3 Å². The fourth-order valence-corrected chi connectivity index (χ4v) is 2.16. The van der Waals surface area contributed by atoms with Gasteiger partial charge in [-0.15, -0.1) is 0 Å². The van der Waals surface area contributed by atoms with Crippen molar-refractivity contribution in [1.29, 1.82) is 0 Å². The zero-order valence-corrected chi connectivity index (χ0v) is 16.6. The number of carboxylic acid groups (broad SMARTS) is 3. The zero-order chi connectivity index (χ0) is 21.8. The second-order valence-electron chi connectivity index (χ2n) is 6.09. The van der Waals surface area contributed by atoms with Crippen LogP contribution in [0.4, 0.5) is 0 Å². The van der Waals surface area contributed by atoms with Crippen molar-refractivity contribution in [1.82, 2.24) is 0 Å². The van der Waals surface area contributed by atoms with Gasteiger partial charge in [-0.1, -0.05) is 52.4 Å². The molecule has 0 heterocycles. The molecular formula is C20H32O8. The Bertz CT molecular complexity index is 506. The predicted octanol–water partition coefficient (Wildman–Crippen LogP) is 3.80. The molecule has 0 fully saturated rings. The molecule has 0 aliphatic rings. The number of carboxylic acids is 3. The average Bonchev–Trinajstić information content (AvgIpc) is 2.62. The monoisotopic (exact) mass is 400 g/mol. The van der Waals surface area contributed by atoms with Crippen LogP contribution in [0.25, 0.3) is 0 Å². The maximum atomic E-state index is 11.5. The molecule has 0 saturated carbocycles. The quantitative estimate of drug-likeness (QED) is 0.227. The second kappa shape index (κ2) is 19.1. The summed E-state index contributed by atoms with van der Waals surface area (Å²) in [6.45, 7) is 4.28. The number of hydrogen-bond donors (Lipinski definition) is 3. The van der Waals surface area contributed by atoms with E-state index < -0.39 is 23.9 Å². The van der Waals surface area contributed by atoms with Crippen molar-refractivity contribution in [3.8, 4) is 0 Å². The van der Waals surface area contributed by atoms with E-state index in [9.17, 15) is 19.2 Å². The predicted molar refractivity (Wildman–Crippen MR) is 104 cm³/mol. The van der Waals surface area contributed by atoms with Crippen molar-refractivity contribution in [2.75, 3.05) is 0 Å². The lowest BCUT2D eigenvalue weighted by Gasteiger charge is -2.16. The maximum absolute atomic E-state index is 11.5. The number of unbranched alkanes of at least 4 members (excludes halogenated alkanes) is 5. The molecule has 1 atom stereocenters. The van der Waals surface area contributed by atoms with Crippen LogP contribution in [0, 0.1) is 0 Å². The number of ether oxygens (including phenoxy) is 1. The van der Waals surface area contributed by atoms with E-state index in [2.05, 4.69) is 13.8 Å². The van der Waals surface area contributed by atoms with E-state index >= 15 is 0 Å². The molecule has 0 aromatic carbocycles. The van der Waals surface area contributed by atoms with Crippen molar-refractivity contribution < 1.29 is 39.2 Å². The number of carbonyl (C=O) groups excluding carboxylic acids is 1. The first-order valence-electron chi connectivity index (χ1n) is 9.48. The minimum atomic E-state index is -1.26. The van der Waals surface area contributed by atoms with Gasteiger partial charge in [0.15, 0.2) is 0 Å². The molecule has 0 rings (SSSR count). The van der Waals surface area contributed by atoms with Crippen molar-refractivity contribution in [2.24, 2.45) is 0 Å². The van der Waals surface area contributed by atoms with Gasteiger partial charge in [-0.2, -0.15) is 0 Å². The van der Waals surface area contributed by atoms with E-state index in [4.69, 9.17) is 20.1 Å². The van der Waals surface area contributed by atoms with Gasteiger partial charge in [0, 0.05) is 24.3 Å². The highest BCUT2D eigenvalue weighted by Crippen LogP contribution is 2.15. The number of hydrogen-bond acceptors (Lipinski definition) is 5. The molecule has 160 valence electrons. The molecule has 3 N–H and O–H groups in total. The highest BCUT2D eigenvalue weighted by Gasteiger charge is 2.12. The standard InChI is InChI=1S/C16H28O4.C4H4O4/c1-3-5-7-8-9-11-14(10-6-4-2)20-16(19)13-12-15(17)18;5-3(6)1-2-4(7)8/h12-14H,3-11H2,1-2H3,(H,17,18);1-2H,(H,5,6)(H,7,8)/b13-12-;2-1+. The SMILES string of the molecule is CCCCCCCC(CCCC)OC(=O)/C=C\C(=O)O.O=C(O)/C=C/C(=O)O. The van der Waals surface area contributed by atoms with Crippen molar-refractivity contribution in [3.63, 3.8) is 0 Å². The van der Waals surface area contributed by atoms with Gasteiger partial charge in [-0.3, -0.25) is 0 Å². The first kappa shape index (κ1) is 27.6. The summed E-state index contributed by atoms with van der Waals surface area (Å²) in [5.74, 6) is -4.20. The molecule has 8 heteroatoms. The Labute approximate surface area is 165 Å². The van der Waals surface area contributed by atoms with Gasteiger partial charge in [0.2, 0.25) is 0 Å². The lowest BCUT2D eigenvalue weighted by atomic mass is 10.0. The number of esters is 1. The Hall–Kier alpha value is -2.64. The van der Waals surface area contributed by atoms with Gasteiger partial charge in [0.1, 0.15) is 6.10 Å². The highest BCUT2D eigenvalue weighted by molar-refractivity contribution is 5.91. The fraction of sp³-hybridized carbons (Fsp3) is 0.600.